The second-order valence-electron chi connectivity index (χ2n) is 3.53. The van der Waals surface area contributed by atoms with Crippen molar-refractivity contribution < 1.29 is 31.9 Å². The third kappa shape index (κ3) is 2.11. The van der Waals surface area contributed by atoms with Gasteiger partial charge in [-0.1, -0.05) is 0 Å². The summed E-state index contributed by atoms with van der Waals surface area (Å²) in [6.45, 7) is 0. The first kappa shape index (κ1) is 12.4. The number of Topliss-reactive ketones (excluding diaryl/α,β-unsaturated/α-hetero) is 1. The van der Waals surface area contributed by atoms with Gasteiger partial charge < -0.3 is 5.11 Å². The Bertz CT molecular complexity index is 260. The van der Waals surface area contributed by atoms with Gasteiger partial charge in [0.05, 0.1) is 0 Å². The van der Waals surface area contributed by atoms with E-state index in [-0.39, 0.29) is 19.3 Å². The van der Waals surface area contributed by atoms with Crippen LogP contribution in [0.1, 0.15) is 19.3 Å². The van der Waals surface area contributed by atoms with E-state index in [9.17, 15) is 26.7 Å². The van der Waals surface area contributed by atoms with Crippen LogP contribution < -0.4 is 0 Å². The van der Waals surface area contributed by atoms with Gasteiger partial charge >= 0.3 is 12.1 Å². The lowest BCUT2D eigenvalue weighted by Crippen LogP contribution is -2.51. The predicted octanol–water partition coefficient (Wildman–Crippen LogP) is 1.91. The van der Waals surface area contributed by atoms with Crippen LogP contribution in [-0.4, -0.2) is 29.1 Å². The number of hydrogen-bond acceptors (Lipinski definition) is 2. The third-order valence-corrected chi connectivity index (χ3v) is 2.48. The summed E-state index contributed by atoms with van der Waals surface area (Å²) in [6.07, 6.45) is -8.71. The van der Waals surface area contributed by atoms with Crippen LogP contribution in [0.5, 0.6) is 0 Å². The molecule has 0 aromatic heterocycles. The maximum atomic E-state index is 12.6. The Morgan fingerprint density at radius 3 is 2.13 bits per heavy atom. The van der Waals surface area contributed by atoms with E-state index in [1.807, 2.05) is 0 Å². The summed E-state index contributed by atoms with van der Waals surface area (Å²) in [6, 6.07) is 0. The molecule has 0 aromatic carbocycles. The summed E-state index contributed by atoms with van der Waals surface area (Å²) in [4.78, 5) is 10.9. The summed E-state index contributed by atoms with van der Waals surface area (Å²) in [7, 11) is 0. The van der Waals surface area contributed by atoms with E-state index in [4.69, 9.17) is 5.11 Å². The fourth-order valence-electron chi connectivity index (χ4n) is 1.60. The standard InChI is InChI=1S/C8H9F5O2/c9-7(10,8(11,12)13)6(15)4-2-1-3-5(4)14/h4,6,15H,1-3H2/t4-,6+/m0/s1. The highest BCUT2D eigenvalue weighted by Gasteiger charge is 2.64. The van der Waals surface area contributed by atoms with Gasteiger partial charge in [0.1, 0.15) is 11.9 Å². The van der Waals surface area contributed by atoms with Gasteiger partial charge in [0, 0.05) is 12.3 Å². The molecule has 0 heterocycles. The van der Waals surface area contributed by atoms with Crippen LogP contribution in [0.3, 0.4) is 0 Å². The van der Waals surface area contributed by atoms with Gasteiger partial charge in [-0.3, -0.25) is 4.79 Å². The molecule has 0 bridgehead atoms. The highest BCUT2D eigenvalue weighted by atomic mass is 19.4. The molecule has 0 unspecified atom stereocenters. The van der Waals surface area contributed by atoms with Crippen molar-refractivity contribution in [3.05, 3.63) is 0 Å². The minimum atomic E-state index is -5.82. The summed E-state index contributed by atoms with van der Waals surface area (Å²) >= 11 is 0. The molecule has 1 rings (SSSR count). The van der Waals surface area contributed by atoms with Gasteiger partial charge in [0.15, 0.2) is 0 Å². The van der Waals surface area contributed by atoms with Gasteiger partial charge in [-0.15, -0.1) is 0 Å². The highest BCUT2D eigenvalue weighted by molar-refractivity contribution is 5.83. The van der Waals surface area contributed by atoms with E-state index in [0.29, 0.717) is 0 Å². The summed E-state index contributed by atoms with van der Waals surface area (Å²) in [5.74, 6) is -7.55. The molecule has 88 valence electrons. The van der Waals surface area contributed by atoms with E-state index >= 15 is 0 Å². The number of ketones is 1. The number of halogens is 5. The molecule has 0 spiro atoms. The molecule has 1 aliphatic rings. The van der Waals surface area contributed by atoms with Gasteiger partial charge in [0.2, 0.25) is 0 Å². The highest BCUT2D eigenvalue weighted by Crippen LogP contribution is 2.42. The second kappa shape index (κ2) is 3.70. The largest absolute Gasteiger partial charge is 0.456 e. The molecule has 1 aliphatic carbocycles. The lowest BCUT2D eigenvalue weighted by molar-refractivity contribution is -0.317. The van der Waals surface area contributed by atoms with Crippen LogP contribution >= 0.6 is 0 Å². The average Bonchev–Trinajstić information content (AvgIpc) is 2.48. The molecule has 15 heavy (non-hydrogen) atoms. The summed E-state index contributed by atoms with van der Waals surface area (Å²) in [5, 5.41) is 8.89. The number of hydrogen-bond donors (Lipinski definition) is 1. The number of aliphatic hydroxyl groups is 1. The smallest absolute Gasteiger partial charge is 0.386 e. The Morgan fingerprint density at radius 2 is 1.80 bits per heavy atom. The van der Waals surface area contributed by atoms with Crippen molar-refractivity contribution >= 4 is 5.78 Å². The van der Waals surface area contributed by atoms with Crippen molar-refractivity contribution in [2.75, 3.05) is 0 Å². The Labute approximate surface area is 82.1 Å². The second-order valence-corrected chi connectivity index (χ2v) is 3.53. The maximum Gasteiger partial charge on any atom is 0.456 e. The number of alkyl halides is 5. The normalized spacial score (nSPS) is 25.7. The number of aliphatic hydroxyl groups excluding tert-OH is 1. The first-order valence-electron chi connectivity index (χ1n) is 4.33. The topological polar surface area (TPSA) is 37.3 Å². The van der Waals surface area contributed by atoms with Crippen LogP contribution in [0.15, 0.2) is 0 Å². The fraction of sp³-hybridized carbons (Fsp3) is 0.875. The maximum absolute atomic E-state index is 12.6. The zero-order valence-corrected chi connectivity index (χ0v) is 7.52. The quantitative estimate of drug-likeness (QED) is 0.738. The minimum absolute atomic E-state index is 0.0460. The lowest BCUT2D eigenvalue weighted by atomic mass is 9.94. The molecule has 0 amide bonds. The van der Waals surface area contributed by atoms with Crippen molar-refractivity contribution in [3.8, 4) is 0 Å². The van der Waals surface area contributed by atoms with Crippen molar-refractivity contribution in [2.24, 2.45) is 5.92 Å². The van der Waals surface area contributed by atoms with Gasteiger partial charge in [0.25, 0.3) is 0 Å². The molecule has 1 N–H and O–H groups in total. The Hall–Kier alpha value is -0.720. The first-order valence-corrected chi connectivity index (χ1v) is 4.33. The molecule has 1 saturated carbocycles. The zero-order valence-electron chi connectivity index (χ0n) is 7.52. The van der Waals surface area contributed by atoms with E-state index < -0.39 is 29.9 Å². The number of carbonyl (C=O) groups is 1. The van der Waals surface area contributed by atoms with Crippen molar-refractivity contribution in [1.29, 1.82) is 0 Å². The van der Waals surface area contributed by atoms with Gasteiger partial charge in [-0.25, -0.2) is 0 Å². The minimum Gasteiger partial charge on any atom is -0.386 e. The number of rotatable bonds is 2. The number of carbonyl (C=O) groups excluding carboxylic acids is 1. The molecule has 0 aromatic rings. The molecular weight excluding hydrogens is 223 g/mol. The van der Waals surface area contributed by atoms with Crippen LogP contribution in [0, 0.1) is 5.92 Å². The summed E-state index contributed by atoms with van der Waals surface area (Å²) < 4.78 is 60.8. The molecule has 1 fully saturated rings. The van der Waals surface area contributed by atoms with Gasteiger partial charge in [-0.2, -0.15) is 22.0 Å². The van der Waals surface area contributed by atoms with E-state index in [2.05, 4.69) is 0 Å². The van der Waals surface area contributed by atoms with Crippen LogP contribution in [0.2, 0.25) is 0 Å². The molecule has 7 heteroatoms. The molecule has 0 saturated heterocycles. The van der Waals surface area contributed by atoms with Crippen LogP contribution in [0.4, 0.5) is 22.0 Å². The SMILES string of the molecule is O=C1CCC[C@@H]1[C@@H](O)C(F)(F)C(F)(F)F. The average molecular weight is 232 g/mol. The van der Waals surface area contributed by atoms with Crippen LogP contribution in [-0.2, 0) is 4.79 Å². The first-order chi connectivity index (χ1) is 6.68. The molecular formula is C8H9F5O2. The Morgan fingerprint density at radius 1 is 1.27 bits per heavy atom. The van der Waals surface area contributed by atoms with Crippen molar-refractivity contribution in [2.45, 2.75) is 37.5 Å². The molecule has 0 aliphatic heterocycles. The molecule has 2 atom stereocenters. The fourth-order valence-corrected chi connectivity index (χ4v) is 1.60. The van der Waals surface area contributed by atoms with Crippen molar-refractivity contribution in [1.82, 2.24) is 0 Å². The molecule has 0 radical (unpaired) electrons. The van der Waals surface area contributed by atoms with E-state index in [1.165, 1.54) is 0 Å². The molecule has 2 nitrogen and oxygen atoms in total. The van der Waals surface area contributed by atoms with Gasteiger partial charge in [-0.05, 0) is 12.8 Å². The third-order valence-electron chi connectivity index (χ3n) is 2.48. The Balaban J connectivity index is 2.83. The monoisotopic (exact) mass is 232 g/mol. The lowest BCUT2D eigenvalue weighted by Gasteiger charge is -2.27. The summed E-state index contributed by atoms with van der Waals surface area (Å²) in [5.41, 5.74) is 0. The van der Waals surface area contributed by atoms with Crippen LogP contribution in [0.25, 0.3) is 0 Å². The van der Waals surface area contributed by atoms with E-state index in [1.54, 1.807) is 0 Å². The Kier molecular flexibility index (Phi) is 3.04. The predicted molar refractivity (Wildman–Crippen MR) is 39.4 cm³/mol. The van der Waals surface area contributed by atoms with Crippen molar-refractivity contribution in [3.63, 3.8) is 0 Å². The van der Waals surface area contributed by atoms with E-state index in [0.717, 1.165) is 0 Å². The zero-order chi connectivity index (χ0) is 11.9.